The Hall–Kier alpha value is -3.23. The van der Waals surface area contributed by atoms with Crippen LogP contribution in [0.15, 0.2) is 24.3 Å². The van der Waals surface area contributed by atoms with E-state index in [1.807, 2.05) is 0 Å². The smallest absolute Gasteiger partial charge is 0.326 e. The number of esters is 1. The van der Waals surface area contributed by atoms with E-state index in [9.17, 15) is 24.0 Å². The van der Waals surface area contributed by atoms with Crippen LogP contribution >= 0.6 is 0 Å². The molecule has 0 bridgehead atoms. The Balaban J connectivity index is 1.86. The Morgan fingerprint density at radius 2 is 1.75 bits per heavy atom. The van der Waals surface area contributed by atoms with Crippen LogP contribution < -0.4 is 10.6 Å². The van der Waals surface area contributed by atoms with Gasteiger partial charge in [-0.3, -0.25) is 24.1 Å². The third-order valence-electron chi connectivity index (χ3n) is 4.09. The molecule has 150 valence electrons. The highest BCUT2D eigenvalue weighted by atomic mass is 16.5. The second-order valence-corrected chi connectivity index (χ2v) is 7.25. The Morgan fingerprint density at radius 3 is 2.25 bits per heavy atom. The number of nitrogens with one attached hydrogen (secondary N) is 2. The fourth-order valence-corrected chi connectivity index (χ4v) is 2.39. The Kier molecular flexibility index (Phi) is 6.17. The van der Waals surface area contributed by atoms with Crippen LogP contribution in [0.2, 0.25) is 0 Å². The predicted octanol–water partition coefficient (Wildman–Crippen LogP) is 1.34. The minimum Gasteiger partial charge on any atom is -0.456 e. The van der Waals surface area contributed by atoms with Gasteiger partial charge in [-0.05, 0) is 38.1 Å². The first-order valence-electron chi connectivity index (χ1n) is 8.75. The Labute approximate surface area is 162 Å². The van der Waals surface area contributed by atoms with Gasteiger partial charge in [0.1, 0.15) is 12.1 Å². The average Bonchev–Trinajstić information content (AvgIpc) is 2.81. The van der Waals surface area contributed by atoms with Crippen molar-refractivity contribution < 1.29 is 28.7 Å². The van der Waals surface area contributed by atoms with E-state index in [-0.39, 0.29) is 11.8 Å². The molecule has 2 N–H and O–H groups in total. The topological polar surface area (TPSA) is 122 Å². The first kappa shape index (κ1) is 21.1. The van der Waals surface area contributed by atoms with Gasteiger partial charge >= 0.3 is 12.0 Å². The van der Waals surface area contributed by atoms with Crippen molar-refractivity contribution in [2.24, 2.45) is 5.92 Å². The molecule has 0 aliphatic carbocycles. The van der Waals surface area contributed by atoms with Gasteiger partial charge in [-0.15, -0.1) is 0 Å². The fraction of sp³-hybridized carbons (Fsp3) is 0.421. The van der Waals surface area contributed by atoms with Crippen LogP contribution in [0.3, 0.4) is 0 Å². The minimum absolute atomic E-state index is 0.142. The molecule has 1 aromatic carbocycles. The molecular formula is C19H23N3O6. The van der Waals surface area contributed by atoms with Gasteiger partial charge in [0.25, 0.3) is 5.91 Å². The van der Waals surface area contributed by atoms with Crippen LogP contribution in [0.4, 0.5) is 10.5 Å². The summed E-state index contributed by atoms with van der Waals surface area (Å²) < 4.78 is 4.88. The molecule has 2 rings (SSSR count). The number of nitrogens with zero attached hydrogens (tertiary/aromatic N) is 1. The van der Waals surface area contributed by atoms with E-state index in [0.29, 0.717) is 11.3 Å². The van der Waals surface area contributed by atoms with Crippen molar-refractivity contribution in [3.8, 4) is 0 Å². The molecule has 1 aliphatic rings. The molecule has 1 heterocycles. The van der Waals surface area contributed by atoms with Crippen molar-refractivity contribution in [1.29, 1.82) is 0 Å². The number of imide groups is 1. The van der Waals surface area contributed by atoms with E-state index in [4.69, 9.17) is 4.74 Å². The van der Waals surface area contributed by atoms with Crippen LogP contribution in [0.1, 0.15) is 38.1 Å². The number of hydrogen-bond donors (Lipinski definition) is 2. The predicted molar refractivity (Wildman–Crippen MR) is 99.5 cm³/mol. The van der Waals surface area contributed by atoms with Gasteiger partial charge in [0.2, 0.25) is 5.91 Å². The Bertz CT molecular complexity index is 813. The minimum atomic E-state index is -1.08. The van der Waals surface area contributed by atoms with Crippen molar-refractivity contribution in [3.05, 3.63) is 29.8 Å². The lowest BCUT2D eigenvalue weighted by molar-refractivity contribution is -0.146. The molecule has 1 aromatic rings. The number of hydrogen-bond acceptors (Lipinski definition) is 6. The molecule has 4 amide bonds. The maximum Gasteiger partial charge on any atom is 0.326 e. The van der Waals surface area contributed by atoms with Gasteiger partial charge in [-0.2, -0.15) is 0 Å². The molecule has 0 atom stereocenters. The molecule has 0 saturated carbocycles. The molecule has 9 nitrogen and oxygen atoms in total. The second kappa shape index (κ2) is 8.20. The summed E-state index contributed by atoms with van der Waals surface area (Å²) in [5.74, 6) is -2.17. The number of ketones is 1. The van der Waals surface area contributed by atoms with Crippen molar-refractivity contribution in [1.82, 2.24) is 10.2 Å². The maximum atomic E-state index is 12.1. The number of rotatable bonds is 7. The second-order valence-electron chi connectivity index (χ2n) is 7.25. The molecular weight excluding hydrogens is 366 g/mol. The zero-order valence-corrected chi connectivity index (χ0v) is 16.2. The summed E-state index contributed by atoms with van der Waals surface area (Å²) in [4.78, 5) is 60.2. The van der Waals surface area contributed by atoms with Crippen LogP contribution in [0.5, 0.6) is 0 Å². The van der Waals surface area contributed by atoms with E-state index in [1.54, 1.807) is 26.0 Å². The van der Waals surface area contributed by atoms with E-state index in [1.165, 1.54) is 26.0 Å². The summed E-state index contributed by atoms with van der Waals surface area (Å²) in [5.41, 5.74) is -0.236. The number of anilines is 1. The first-order valence-corrected chi connectivity index (χ1v) is 8.75. The summed E-state index contributed by atoms with van der Waals surface area (Å²) in [6, 6.07) is 5.48. The average molecular weight is 389 g/mol. The molecule has 28 heavy (non-hydrogen) atoms. The lowest BCUT2D eigenvalue weighted by Gasteiger charge is -2.15. The third kappa shape index (κ3) is 4.93. The first-order chi connectivity index (χ1) is 13.0. The number of benzene rings is 1. The highest BCUT2D eigenvalue weighted by Gasteiger charge is 2.45. The van der Waals surface area contributed by atoms with Gasteiger partial charge < -0.3 is 15.4 Å². The van der Waals surface area contributed by atoms with Crippen LogP contribution in [0.25, 0.3) is 0 Å². The quantitative estimate of drug-likeness (QED) is 0.412. The summed E-state index contributed by atoms with van der Waals surface area (Å²) in [6.45, 7) is 5.49. The van der Waals surface area contributed by atoms with Gasteiger partial charge in [-0.1, -0.05) is 13.8 Å². The SMILES string of the molecule is CC(C)C(=O)Nc1ccc(C(=O)COC(=O)CN2C(=O)NC(C)(C)C2=O)cc1. The fourth-order valence-electron chi connectivity index (χ4n) is 2.39. The van der Waals surface area contributed by atoms with Crippen LogP contribution in [-0.2, 0) is 19.1 Å². The lowest BCUT2D eigenvalue weighted by atomic mass is 10.1. The number of amides is 4. The summed E-state index contributed by atoms with van der Waals surface area (Å²) in [5, 5.41) is 5.15. The van der Waals surface area contributed by atoms with E-state index >= 15 is 0 Å². The molecule has 0 unspecified atom stereocenters. The van der Waals surface area contributed by atoms with Gasteiger partial charge in [-0.25, -0.2) is 4.79 Å². The highest BCUT2D eigenvalue weighted by Crippen LogP contribution is 2.16. The molecule has 1 fully saturated rings. The summed E-state index contributed by atoms with van der Waals surface area (Å²) >= 11 is 0. The lowest BCUT2D eigenvalue weighted by Crippen LogP contribution is -2.41. The van der Waals surface area contributed by atoms with E-state index < -0.39 is 42.4 Å². The number of urea groups is 1. The molecule has 9 heteroatoms. The Morgan fingerprint density at radius 1 is 1.14 bits per heavy atom. The third-order valence-corrected chi connectivity index (χ3v) is 4.09. The van der Waals surface area contributed by atoms with Crippen molar-refractivity contribution >= 4 is 35.3 Å². The highest BCUT2D eigenvalue weighted by molar-refractivity contribution is 6.08. The largest absolute Gasteiger partial charge is 0.456 e. The van der Waals surface area contributed by atoms with E-state index in [0.717, 1.165) is 4.90 Å². The maximum absolute atomic E-state index is 12.1. The van der Waals surface area contributed by atoms with Crippen LogP contribution in [-0.4, -0.2) is 53.2 Å². The standard InChI is InChI=1S/C19H23N3O6/c1-11(2)16(25)20-13-7-5-12(6-8-13)14(23)10-28-15(24)9-22-17(26)19(3,4)21-18(22)27/h5-8,11H,9-10H2,1-4H3,(H,20,25)(H,21,27). The molecule has 0 spiro atoms. The summed E-state index contributed by atoms with van der Waals surface area (Å²) in [7, 11) is 0. The monoisotopic (exact) mass is 389 g/mol. The van der Waals surface area contributed by atoms with Crippen molar-refractivity contribution in [2.45, 2.75) is 33.2 Å². The normalized spacial score (nSPS) is 15.4. The molecule has 0 aromatic heterocycles. The molecule has 1 saturated heterocycles. The zero-order valence-electron chi connectivity index (χ0n) is 16.2. The number of Topliss-reactive ketones (excluding diaryl/α,β-unsaturated/α-hetero) is 1. The number of ether oxygens (including phenoxy) is 1. The van der Waals surface area contributed by atoms with Crippen molar-refractivity contribution in [3.63, 3.8) is 0 Å². The molecule has 0 radical (unpaired) electrons. The van der Waals surface area contributed by atoms with Crippen LogP contribution in [0, 0.1) is 5.92 Å². The number of carbonyl (C=O) groups excluding carboxylic acids is 5. The molecule has 1 aliphatic heterocycles. The van der Waals surface area contributed by atoms with Gasteiger partial charge in [0, 0.05) is 17.2 Å². The van der Waals surface area contributed by atoms with Gasteiger partial charge in [0.05, 0.1) is 0 Å². The van der Waals surface area contributed by atoms with E-state index in [2.05, 4.69) is 10.6 Å². The van der Waals surface area contributed by atoms with Gasteiger partial charge in [0.15, 0.2) is 12.4 Å². The summed E-state index contributed by atoms with van der Waals surface area (Å²) in [6.07, 6.45) is 0. The van der Waals surface area contributed by atoms with Crippen molar-refractivity contribution in [2.75, 3.05) is 18.5 Å². The zero-order chi connectivity index (χ0) is 21.1. The number of carbonyl (C=O) groups is 5.